The van der Waals surface area contributed by atoms with Gasteiger partial charge in [0.25, 0.3) is 0 Å². The van der Waals surface area contributed by atoms with E-state index < -0.39 is 7.14 Å². The lowest BCUT2D eigenvalue weighted by molar-refractivity contribution is -0.114. The van der Waals surface area contributed by atoms with Gasteiger partial charge in [0.15, 0.2) is 11.5 Å². The average Bonchev–Trinajstić information content (AvgIpc) is 3.03. The third kappa shape index (κ3) is 4.16. The Labute approximate surface area is 180 Å². The normalized spacial score (nSPS) is 15.8. The molecule has 1 atom stereocenters. The van der Waals surface area contributed by atoms with Gasteiger partial charge in [-0.2, -0.15) is 0 Å². The molecule has 0 aromatic carbocycles. The molecule has 3 aromatic heterocycles. The maximum atomic E-state index is 12.9. The van der Waals surface area contributed by atoms with E-state index in [-0.39, 0.29) is 12.0 Å². The minimum absolute atomic E-state index is 0.130. The Balaban J connectivity index is 2.00. The number of fused-ring (bicyclic) bond motifs is 2. The van der Waals surface area contributed by atoms with Gasteiger partial charge in [-0.1, -0.05) is 0 Å². The molecule has 1 aliphatic rings. The van der Waals surface area contributed by atoms with E-state index in [1.165, 1.54) is 6.92 Å². The van der Waals surface area contributed by atoms with Crippen molar-refractivity contribution in [1.82, 2.24) is 14.5 Å². The monoisotopic (exact) mass is 444 g/mol. The number of carbonyl (C=O) groups is 1. The number of pyridine rings is 2. The first-order valence-corrected chi connectivity index (χ1v) is 12.4. The first kappa shape index (κ1) is 21.3. The first-order valence-electron chi connectivity index (χ1n) is 9.83. The van der Waals surface area contributed by atoms with Crippen LogP contribution in [0.25, 0.3) is 22.2 Å². The second kappa shape index (κ2) is 7.98. The fourth-order valence-corrected chi connectivity index (χ4v) is 4.27. The second-order valence-electron chi connectivity index (χ2n) is 7.94. The molecular formula is C21H25N4O5P. The van der Waals surface area contributed by atoms with Crippen LogP contribution in [0, 0.1) is 0 Å². The number of amides is 1. The highest BCUT2D eigenvalue weighted by Crippen LogP contribution is 2.45. The van der Waals surface area contributed by atoms with Crippen molar-refractivity contribution in [1.29, 1.82) is 0 Å². The highest BCUT2D eigenvalue weighted by Gasteiger charge is 2.28. The number of ether oxygens (including phenoxy) is 3. The maximum Gasteiger partial charge on any atom is 0.222 e. The summed E-state index contributed by atoms with van der Waals surface area (Å²) >= 11 is 0. The molecule has 1 aliphatic heterocycles. The Morgan fingerprint density at radius 3 is 2.84 bits per heavy atom. The highest BCUT2D eigenvalue weighted by atomic mass is 31.2. The zero-order valence-electron chi connectivity index (χ0n) is 18.1. The maximum absolute atomic E-state index is 12.9. The minimum Gasteiger partial charge on any atom is -0.484 e. The lowest BCUT2D eigenvalue weighted by Gasteiger charge is -2.26. The molecule has 0 spiro atoms. The van der Waals surface area contributed by atoms with Gasteiger partial charge in [-0.25, -0.2) is 9.97 Å². The number of rotatable bonds is 5. The van der Waals surface area contributed by atoms with E-state index >= 15 is 0 Å². The summed E-state index contributed by atoms with van der Waals surface area (Å²) in [6, 6.07) is 3.48. The smallest absolute Gasteiger partial charge is 0.222 e. The number of carbonyl (C=O) groups excluding carboxylic acids is 1. The summed E-state index contributed by atoms with van der Waals surface area (Å²) in [7, 11) is -1.07. The van der Waals surface area contributed by atoms with Gasteiger partial charge in [0.2, 0.25) is 5.91 Å². The molecular weight excluding hydrogens is 419 g/mol. The predicted octanol–water partition coefficient (Wildman–Crippen LogP) is 3.07. The van der Waals surface area contributed by atoms with E-state index in [9.17, 15) is 9.36 Å². The SMILES string of the molecule is COCn1cc(-c2nc(P(C)(C)=O)cc3c2OCC(C)O3)c2cc(NC(C)=O)ncc21. The van der Waals surface area contributed by atoms with Crippen LogP contribution in [0.5, 0.6) is 11.5 Å². The molecule has 1 unspecified atom stereocenters. The molecule has 0 saturated carbocycles. The molecule has 0 aliphatic carbocycles. The van der Waals surface area contributed by atoms with Gasteiger partial charge >= 0.3 is 0 Å². The van der Waals surface area contributed by atoms with Gasteiger partial charge in [0.05, 0.1) is 11.7 Å². The van der Waals surface area contributed by atoms with Crippen molar-refractivity contribution in [2.45, 2.75) is 26.7 Å². The van der Waals surface area contributed by atoms with Crippen molar-refractivity contribution in [3.05, 3.63) is 24.5 Å². The van der Waals surface area contributed by atoms with Gasteiger partial charge in [-0.05, 0) is 26.3 Å². The Morgan fingerprint density at radius 1 is 1.39 bits per heavy atom. The summed E-state index contributed by atoms with van der Waals surface area (Å²) in [5.41, 5.74) is 2.53. The Morgan fingerprint density at radius 2 is 2.16 bits per heavy atom. The molecule has 0 bridgehead atoms. The third-order valence-corrected chi connectivity index (χ3v) is 6.20. The standard InChI is InChI=1S/C21H25N4O5P/c1-12-10-29-21-17(30-12)7-19(31(4,5)27)24-20(21)15-9-25(11-28-3)16-8-22-18(6-14(15)16)23-13(2)26/h6-9,12H,10-11H2,1-5H3,(H,22,23,26). The molecule has 4 heterocycles. The van der Waals surface area contributed by atoms with E-state index in [1.807, 2.05) is 17.7 Å². The Hall–Kier alpha value is -2.90. The van der Waals surface area contributed by atoms with Crippen molar-refractivity contribution in [2.24, 2.45) is 0 Å². The molecule has 9 nitrogen and oxygen atoms in total. The number of nitrogens with one attached hydrogen (secondary N) is 1. The van der Waals surface area contributed by atoms with Crippen molar-refractivity contribution in [3.8, 4) is 22.8 Å². The highest BCUT2D eigenvalue weighted by molar-refractivity contribution is 7.69. The topological polar surface area (TPSA) is 105 Å². The van der Waals surface area contributed by atoms with Crippen LogP contribution >= 0.6 is 7.14 Å². The fourth-order valence-electron chi connectivity index (χ4n) is 3.50. The van der Waals surface area contributed by atoms with Crippen molar-refractivity contribution >= 4 is 35.2 Å². The van der Waals surface area contributed by atoms with Crippen LogP contribution in [0.4, 0.5) is 5.82 Å². The number of anilines is 1. The molecule has 0 radical (unpaired) electrons. The van der Waals surface area contributed by atoms with Crippen LogP contribution in [-0.4, -0.2) is 53.6 Å². The first-order chi connectivity index (χ1) is 14.7. The number of hydrogen-bond acceptors (Lipinski definition) is 7. The second-order valence-corrected chi connectivity index (χ2v) is 11.1. The summed E-state index contributed by atoms with van der Waals surface area (Å²) in [5.74, 6) is 1.23. The van der Waals surface area contributed by atoms with Gasteiger partial charge in [-0.3, -0.25) is 4.79 Å². The third-order valence-electron chi connectivity index (χ3n) is 4.86. The predicted molar refractivity (Wildman–Crippen MR) is 119 cm³/mol. The lowest BCUT2D eigenvalue weighted by atomic mass is 10.1. The van der Waals surface area contributed by atoms with Crippen molar-refractivity contribution < 1.29 is 23.6 Å². The number of nitrogens with zero attached hydrogens (tertiary/aromatic N) is 3. The zero-order chi connectivity index (χ0) is 22.3. The van der Waals surface area contributed by atoms with E-state index in [1.54, 1.807) is 38.8 Å². The van der Waals surface area contributed by atoms with E-state index in [0.29, 0.717) is 41.8 Å². The zero-order valence-corrected chi connectivity index (χ0v) is 19.0. The summed E-state index contributed by atoms with van der Waals surface area (Å²) < 4.78 is 32.1. The molecule has 31 heavy (non-hydrogen) atoms. The fraction of sp³-hybridized carbons (Fsp3) is 0.381. The minimum atomic E-state index is -2.67. The summed E-state index contributed by atoms with van der Waals surface area (Å²) in [4.78, 5) is 20.6. The largest absolute Gasteiger partial charge is 0.484 e. The molecule has 1 amide bonds. The van der Waals surface area contributed by atoms with Crippen molar-refractivity contribution in [2.75, 3.05) is 32.4 Å². The van der Waals surface area contributed by atoms with Crippen LogP contribution in [-0.2, 0) is 20.8 Å². The van der Waals surface area contributed by atoms with E-state index in [4.69, 9.17) is 19.2 Å². The van der Waals surface area contributed by atoms with Gasteiger partial charge in [-0.15, -0.1) is 0 Å². The van der Waals surface area contributed by atoms with Crippen LogP contribution in [0.3, 0.4) is 0 Å². The van der Waals surface area contributed by atoms with Crippen LogP contribution in [0.1, 0.15) is 13.8 Å². The van der Waals surface area contributed by atoms with Crippen LogP contribution < -0.4 is 20.2 Å². The molecule has 0 fully saturated rings. The molecule has 10 heteroatoms. The summed E-state index contributed by atoms with van der Waals surface area (Å²) in [6.07, 6.45) is 3.43. The van der Waals surface area contributed by atoms with Crippen LogP contribution in [0.2, 0.25) is 0 Å². The van der Waals surface area contributed by atoms with E-state index in [0.717, 1.165) is 16.5 Å². The Kier molecular flexibility index (Phi) is 5.49. The number of hydrogen-bond donors (Lipinski definition) is 1. The van der Waals surface area contributed by atoms with Crippen LogP contribution in [0.15, 0.2) is 24.5 Å². The number of aromatic nitrogens is 3. The van der Waals surface area contributed by atoms with Gasteiger partial charge < -0.3 is 28.7 Å². The van der Waals surface area contributed by atoms with Crippen molar-refractivity contribution in [3.63, 3.8) is 0 Å². The molecule has 1 N–H and O–H groups in total. The summed E-state index contributed by atoms with van der Waals surface area (Å²) in [5, 5.41) is 3.51. The molecule has 4 rings (SSSR count). The van der Waals surface area contributed by atoms with Gasteiger partial charge in [0.1, 0.15) is 43.5 Å². The van der Waals surface area contributed by atoms with E-state index in [2.05, 4.69) is 10.3 Å². The quantitative estimate of drug-likeness (QED) is 0.603. The molecule has 0 saturated heterocycles. The molecule has 164 valence electrons. The average molecular weight is 444 g/mol. The summed E-state index contributed by atoms with van der Waals surface area (Å²) in [6.45, 7) is 7.37. The lowest BCUT2D eigenvalue weighted by Crippen LogP contribution is -2.27. The Bertz CT molecular complexity index is 1220. The van der Waals surface area contributed by atoms with Gasteiger partial charge in [0, 0.05) is 37.2 Å². The number of methoxy groups -OCH3 is 1. The molecule has 3 aromatic rings.